The van der Waals surface area contributed by atoms with Gasteiger partial charge in [-0.1, -0.05) is 6.92 Å². The second-order valence-corrected chi connectivity index (χ2v) is 7.94. The molecular formula is C16H22FN3O2S. The molecule has 1 N–H and O–H groups in total. The molecule has 1 aliphatic heterocycles. The first kappa shape index (κ1) is 17.9. The van der Waals surface area contributed by atoms with Gasteiger partial charge in [0, 0.05) is 12.6 Å². The Balaban J connectivity index is 2.00. The van der Waals surface area contributed by atoms with E-state index in [1.807, 2.05) is 6.92 Å². The Morgan fingerprint density at radius 3 is 2.70 bits per heavy atom. The third-order valence-corrected chi connectivity index (χ3v) is 5.80. The molecule has 0 aromatic heterocycles. The first-order valence-electron chi connectivity index (χ1n) is 7.77. The SMILES string of the molecule is CC1CCN(C(C)CNS(=O)(=O)c2ccc(F)c(C#N)c2)CC1. The Bertz CT molecular complexity index is 692. The normalized spacial score (nSPS) is 18.5. The molecule has 1 aromatic rings. The first-order valence-corrected chi connectivity index (χ1v) is 9.25. The molecule has 0 amide bonds. The average Bonchev–Trinajstić information content (AvgIpc) is 2.53. The van der Waals surface area contributed by atoms with E-state index in [-0.39, 0.29) is 23.0 Å². The molecule has 1 atom stereocenters. The van der Waals surface area contributed by atoms with Crippen LogP contribution in [0.15, 0.2) is 23.1 Å². The summed E-state index contributed by atoms with van der Waals surface area (Å²) in [6.07, 6.45) is 2.25. The monoisotopic (exact) mass is 339 g/mol. The summed E-state index contributed by atoms with van der Waals surface area (Å²) in [6.45, 7) is 6.45. The van der Waals surface area contributed by atoms with Crippen molar-refractivity contribution in [2.24, 2.45) is 5.92 Å². The van der Waals surface area contributed by atoms with Gasteiger partial charge in [0.2, 0.25) is 10.0 Å². The zero-order valence-corrected chi connectivity index (χ0v) is 14.2. The van der Waals surface area contributed by atoms with Gasteiger partial charge in [-0.05, 0) is 57.0 Å². The van der Waals surface area contributed by atoms with Crippen LogP contribution in [0.5, 0.6) is 0 Å². The van der Waals surface area contributed by atoms with Crippen LogP contribution < -0.4 is 4.72 Å². The third kappa shape index (κ3) is 4.50. The molecule has 0 saturated carbocycles. The molecule has 126 valence electrons. The van der Waals surface area contributed by atoms with Crippen LogP contribution in [0.4, 0.5) is 4.39 Å². The topological polar surface area (TPSA) is 73.2 Å². The zero-order valence-electron chi connectivity index (χ0n) is 13.4. The van der Waals surface area contributed by atoms with Crippen LogP contribution in [-0.2, 0) is 10.0 Å². The molecular weight excluding hydrogens is 317 g/mol. The predicted molar refractivity (Wildman–Crippen MR) is 85.7 cm³/mol. The van der Waals surface area contributed by atoms with Crippen LogP contribution in [-0.4, -0.2) is 39.0 Å². The number of nitriles is 1. The highest BCUT2D eigenvalue weighted by Crippen LogP contribution is 2.18. The molecule has 1 unspecified atom stereocenters. The van der Waals surface area contributed by atoms with Gasteiger partial charge >= 0.3 is 0 Å². The summed E-state index contributed by atoms with van der Waals surface area (Å²) >= 11 is 0. The molecule has 1 aromatic carbocycles. The molecule has 0 radical (unpaired) electrons. The van der Waals surface area contributed by atoms with Crippen molar-refractivity contribution in [3.05, 3.63) is 29.6 Å². The maximum absolute atomic E-state index is 13.3. The van der Waals surface area contributed by atoms with Crippen molar-refractivity contribution in [3.8, 4) is 6.07 Å². The average molecular weight is 339 g/mol. The van der Waals surface area contributed by atoms with Crippen LogP contribution >= 0.6 is 0 Å². The van der Waals surface area contributed by atoms with Crippen LogP contribution in [0.3, 0.4) is 0 Å². The van der Waals surface area contributed by atoms with Crippen molar-refractivity contribution < 1.29 is 12.8 Å². The van der Waals surface area contributed by atoms with Crippen molar-refractivity contribution in [1.82, 2.24) is 9.62 Å². The van der Waals surface area contributed by atoms with Crippen LogP contribution in [0.25, 0.3) is 0 Å². The van der Waals surface area contributed by atoms with E-state index in [1.54, 1.807) is 6.07 Å². The summed E-state index contributed by atoms with van der Waals surface area (Å²) in [5.74, 6) is 0.000939. The second kappa shape index (κ2) is 7.39. The van der Waals surface area contributed by atoms with Gasteiger partial charge in [-0.15, -0.1) is 0 Å². The standard InChI is InChI=1S/C16H22FN3O2S/c1-12-5-7-20(8-6-12)13(2)11-19-23(21,22)15-3-4-16(17)14(9-15)10-18/h3-4,9,12-13,19H,5-8,11H2,1-2H3. The fraction of sp³-hybridized carbons (Fsp3) is 0.562. The van der Waals surface area contributed by atoms with Gasteiger partial charge in [-0.3, -0.25) is 4.90 Å². The lowest BCUT2D eigenvalue weighted by molar-refractivity contribution is 0.148. The Hall–Kier alpha value is -1.49. The molecule has 2 rings (SSSR count). The minimum Gasteiger partial charge on any atom is -0.299 e. The van der Waals surface area contributed by atoms with E-state index < -0.39 is 15.8 Å². The highest BCUT2D eigenvalue weighted by molar-refractivity contribution is 7.89. The number of sulfonamides is 1. The van der Waals surface area contributed by atoms with Gasteiger partial charge in [0.25, 0.3) is 0 Å². The number of hydrogen-bond donors (Lipinski definition) is 1. The van der Waals surface area contributed by atoms with Crippen molar-refractivity contribution in [1.29, 1.82) is 5.26 Å². The number of benzene rings is 1. The lowest BCUT2D eigenvalue weighted by atomic mass is 9.98. The van der Waals surface area contributed by atoms with Gasteiger partial charge in [-0.2, -0.15) is 5.26 Å². The highest BCUT2D eigenvalue weighted by Gasteiger charge is 2.22. The lowest BCUT2D eigenvalue weighted by Crippen LogP contribution is -2.45. The highest BCUT2D eigenvalue weighted by atomic mass is 32.2. The summed E-state index contributed by atoms with van der Waals surface area (Å²) in [7, 11) is -3.75. The van der Waals surface area contributed by atoms with Crippen molar-refractivity contribution in [3.63, 3.8) is 0 Å². The van der Waals surface area contributed by atoms with E-state index in [1.165, 1.54) is 6.07 Å². The van der Waals surface area contributed by atoms with E-state index in [2.05, 4.69) is 16.5 Å². The number of halogens is 1. The maximum atomic E-state index is 13.3. The molecule has 7 heteroatoms. The van der Waals surface area contributed by atoms with E-state index in [4.69, 9.17) is 5.26 Å². The molecule has 1 aliphatic rings. The summed E-state index contributed by atoms with van der Waals surface area (Å²) in [4.78, 5) is 2.18. The molecule has 1 fully saturated rings. The molecule has 1 saturated heterocycles. The van der Waals surface area contributed by atoms with Crippen molar-refractivity contribution >= 4 is 10.0 Å². The number of nitrogens with one attached hydrogen (secondary N) is 1. The molecule has 0 bridgehead atoms. The quantitative estimate of drug-likeness (QED) is 0.891. The predicted octanol–water partition coefficient (Wildman–Crippen LogP) is 2.10. The number of rotatable bonds is 5. The first-order chi connectivity index (χ1) is 10.8. The molecule has 5 nitrogen and oxygen atoms in total. The fourth-order valence-corrected chi connectivity index (χ4v) is 3.82. The van der Waals surface area contributed by atoms with E-state index >= 15 is 0 Å². The molecule has 0 spiro atoms. The van der Waals surface area contributed by atoms with Crippen LogP contribution in [0.1, 0.15) is 32.3 Å². The van der Waals surface area contributed by atoms with E-state index in [9.17, 15) is 12.8 Å². The van der Waals surface area contributed by atoms with Gasteiger partial charge in [0.05, 0.1) is 10.5 Å². The van der Waals surface area contributed by atoms with E-state index in [0.717, 1.165) is 44.0 Å². The van der Waals surface area contributed by atoms with E-state index in [0.29, 0.717) is 0 Å². The van der Waals surface area contributed by atoms with Gasteiger partial charge in [0.1, 0.15) is 11.9 Å². The van der Waals surface area contributed by atoms with Crippen molar-refractivity contribution in [2.75, 3.05) is 19.6 Å². The minimum atomic E-state index is -3.75. The van der Waals surface area contributed by atoms with Crippen LogP contribution in [0.2, 0.25) is 0 Å². The summed E-state index contributed by atoms with van der Waals surface area (Å²) in [5.41, 5.74) is -0.272. The van der Waals surface area contributed by atoms with Gasteiger partial charge < -0.3 is 0 Å². The second-order valence-electron chi connectivity index (χ2n) is 6.17. The Morgan fingerprint density at radius 2 is 2.09 bits per heavy atom. The molecule has 0 aliphatic carbocycles. The molecule has 1 heterocycles. The van der Waals surface area contributed by atoms with Gasteiger partial charge in [-0.25, -0.2) is 17.5 Å². The maximum Gasteiger partial charge on any atom is 0.240 e. The Morgan fingerprint density at radius 1 is 1.43 bits per heavy atom. The fourth-order valence-electron chi connectivity index (χ4n) is 2.67. The van der Waals surface area contributed by atoms with Crippen molar-refractivity contribution in [2.45, 2.75) is 37.6 Å². The summed E-state index contributed by atoms with van der Waals surface area (Å²) in [6, 6.07) is 4.98. The number of piperidine rings is 1. The minimum absolute atomic E-state index is 0.0880. The van der Waals surface area contributed by atoms with Crippen LogP contribution in [0, 0.1) is 23.1 Å². The van der Waals surface area contributed by atoms with Gasteiger partial charge in [0.15, 0.2) is 0 Å². The zero-order chi connectivity index (χ0) is 17.0. The lowest BCUT2D eigenvalue weighted by Gasteiger charge is -2.34. The summed E-state index contributed by atoms with van der Waals surface area (Å²) < 4.78 is 40.4. The Labute approximate surface area is 137 Å². The Kier molecular flexibility index (Phi) is 5.74. The number of likely N-dealkylation sites (tertiary alicyclic amines) is 1. The molecule has 23 heavy (non-hydrogen) atoms. The number of hydrogen-bond acceptors (Lipinski definition) is 4. The summed E-state index contributed by atoms with van der Waals surface area (Å²) in [5, 5.41) is 8.81. The smallest absolute Gasteiger partial charge is 0.240 e. The third-order valence-electron chi connectivity index (χ3n) is 4.38. The number of nitrogens with zero attached hydrogens (tertiary/aromatic N) is 2. The largest absolute Gasteiger partial charge is 0.299 e.